The Labute approximate surface area is 92.1 Å². The normalized spacial score (nSPS) is 10.2. The summed E-state index contributed by atoms with van der Waals surface area (Å²) in [6, 6.07) is 4.71. The van der Waals surface area contributed by atoms with Crippen molar-refractivity contribution < 1.29 is 27.4 Å². The minimum Gasteiger partial charge on any atom is -0.505 e. The van der Waals surface area contributed by atoms with Crippen LogP contribution in [0.25, 0.3) is 0 Å². The van der Waals surface area contributed by atoms with E-state index in [0.29, 0.717) is 0 Å². The van der Waals surface area contributed by atoms with Gasteiger partial charge in [-0.25, -0.2) is 0 Å². The number of phenols is 1. The molecule has 0 saturated heterocycles. The highest BCUT2D eigenvalue weighted by Crippen LogP contribution is 2.24. The molecule has 0 aromatic heterocycles. The summed E-state index contributed by atoms with van der Waals surface area (Å²) in [4.78, 5) is 10.8. The monoisotopic (exact) mass is 249 g/mol. The van der Waals surface area contributed by atoms with Crippen LogP contribution in [-0.4, -0.2) is 28.4 Å². The first kappa shape index (κ1) is 14.4. The van der Waals surface area contributed by atoms with E-state index in [1.54, 1.807) is 12.1 Å². The second kappa shape index (κ2) is 5.45. The summed E-state index contributed by atoms with van der Waals surface area (Å²) >= 11 is 0. The zero-order chi connectivity index (χ0) is 12.9. The van der Waals surface area contributed by atoms with E-state index in [-0.39, 0.29) is 22.8 Å². The second-order valence-corrected chi connectivity index (χ2v) is 3.64. The lowest BCUT2D eigenvalue weighted by Crippen LogP contribution is -1.95. The van der Waals surface area contributed by atoms with Crippen molar-refractivity contribution in [2.75, 3.05) is 5.73 Å². The third-order valence-corrected chi connectivity index (χ3v) is 1.45. The SMILES string of the molecule is CC(=O)c1cccc(N)c1O.O=S(=O)(O)O. The van der Waals surface area contributed by atoms with Gasteiger partial charge in [0.05, 0.1) is 11.3 Å². The molecule has 7 nitrogen and oxygen atoms in total. The van der Waals surface area contributed by atoms with Crippen LogP contribution in [-0.2, 0) is 10.4 Å². The number of nitrogens with two attached hydrogens (primary N) is 1. The molecule has 5 N–H and O–H groups in total. The van der Waals surface area contributed by atoms with Crippen molar-refractivity contribution in [3.63, 3.8) is 0 Å². The molecule has 0 aliphatic rings. The Morgan fingerprint density at radius 2 is 1.75 bits per heavy atom. The van der Waals surface area contributed by atoms with E-state index in [9.17, 15) is 9.90 Å². The van der Waals surface area contributed by atoms with E-state index in [0.717, 1.165) is 0 Å². The van der Waals surface area contributed by atoms with Gasteiger partial charge in [-0.2, -0.15) is 8.42 Å². The number of hydrogen-bond acceptors (Lipinski definition) is 5. The summed E-state index contributed by atoms with van der Waals surface area (Å²) in [5.41, 5.74) is 5.86. The van der Waals surface area contributed by atoms with Gasteiger partial charge in [-0.1, -0.05) is 6.07 Å². The topological polar surface area (TPSA) is 138 Å². The Morgan fingerprint density at radius 3 is 2.06 bits per heavy atom. The number of Topliss-reactive ketones (excluding diaryl/α,β-unsaturated/α-hetero) is 1. The van der Waals surface area contributed by atoms with Crippen molar-refractivity contribution in [1.29, 1.82) is 0 Å². The maximum Gasteiger partial charge on any atom is 0.394 e. The molecule has 0 bridgehead atoms. The van der Waals surface area contributed by atoms with Crippen LogP contribution >= 0.6 is 0 Å². The maximum atomic E-state index is 10.8. The van der Waals surface area contributed by atoms with Gasteiger partial charge in [0.2, 0.25) is 0 Å². The minimum absolute atomic E-state index is 0.125. The fourth-order valence-corrected chi connectivity index (χ4v) is 0.845. The van der Waals surface area contributed by atoms with Gasteiger partial charge in [-0.15, -0.1) is 0 Å². The van der Waals surface area contributed by atoms with Gasteiger partial charge < -0.3 is 10.8 Å². The molecule has 0 aliphatic carbocycles. The highest BCUT2D eigenvalue weighted by atomic mass is 32.3. The number of aromatic hydroxyl groups is 1. The molecule has 8 heteroatoms. The number of ketones is 1. The van der Waals surface area contributed by atoms with Crippen LogP contribution in [0.1, 0.15) is 17.3 Å². The first-order valence-electron chi connectivity index (χ1n) is 3.91. The van der Waals surface area contributed by atoms with Crippen LogP contribution < -0.4 is 5.73 Å². The summed E-state index contributed by atoms with van der Waals surface area (Å²) in [7, 11) is -4.67. The average molecular weight is 249 g/mol. The van der Waals surface area contributed by atoms with Crippen LogP contribution in [0.4, 0.5) is 5.69 Å². The molecule has 0 aliphatic heterocycles. The number of hydrogen-bond donors (Lipinski definition) is 4. The van der Waals surface area contributed by atoms with Gasteiger partial charge in [0.1, 0.15) is 5.75 Å². The molecule has 1 rings (SSSR count). The predicted molar refractivity (Wildman–Crippen MR) is 56.7 cm³/mol. The highest BCUT2D eigenvalue weighted by Gasteiger charge is 2.07. The number of benzene rings is 1. The lowest BCUT2D eigenvalue weighted by Gasteiger charge is -2.01. The molecule has 0 atom stereocenters. The largest absolute Gasteiger partial charge is 0.505 e. The van der Waals surface area contributed by atoms with E-state index < -0.39 is 10.4 Å². The van der Waals surface area contributed by atoms with Gasteiger partial charge in [0.25, 0.3) is 0 Å². The second-order valence-electron chi connectivity index (χ2n) is 2.75. The third kappa shape index (κ3) is 5.96. The van der Waals surface area contributed by atoms with Crippen molar-refractivity contribution in [2.24, 2.45) is 0 Å². The van der Waals surface area contributed by atoms with Crippen LogP contribution in [0.2, 0.25) is 0 Å². The number of anilines is 1. The molecule has 0 saturated carbocycles. The van der Waals surface area contributed by atoms with Crippen LogP contribution in [0.3, 0.4) is 0 Å². The van der Waals surface area contributed by atoms with Crippen LogP contribution in [0.15, 0.2) is 18.2 Å². The summed E-state index contributed by atoms with van der Waals surface area (Å²) in [5, 5.41) is 9.22. The summed E-state index contributed by atoms with van der Waals surface area (Å²) in [6.07, 6.45) is 0. The Morgan fingerprint density at radius 1 is 1.31 bits per heavy atom. The Kier molecular flexibility index (Phi) is 4.89. The standard InChI is InChI=1S/C8H9NO2.H2O4S/c1-5(10)6-3-2-4-7(9)8(6)11;1-5(2,3)4/h2-4,11H,9H2,1H3;(H2,1,2,3,4). The van der Waals surface area contributed by atoms with Gasteiger partial charge in [0.15, 0.2) is 5.78 Å². The fourth-order valence-electron chi connectivity index (χ4n) is 0.845. The molecule has 0 fully saturated rings. The van der Waals surface area contributed by atoms with Gasteiger partial charge in [-0.05, 0) is 19.1 Å². The number of nitrogen functional groups attached to an aromatic ring is 1. The molecule has 16 heavy (non-hydrogen) atoms. The Bertz CT molecular complexity index is 473. The van der Waals surface area contributed by atoms with Crippen LogP contribution in [0, 0.1) is 0 Å². The van der Waals surface area contributed by atoms with Gasteiger partial charge in [-0.3, -0.25) is 13.9 Å². The molecule has 90 valence electrons. The molecule has 0 radical (unpaired) electrons. The van der Waals surface area contributed by atoms with E-state index in [1.807, 2.05) is 0 Å². The summed E-state index contributed by atoms with van der Waals surface area (Å²) in [5.74, 6) is -0.310. The maximum absolute atomic E-state index is 10.8. The Balaban J connectivity index is 0.000000385. The number of phenolic OH excluding ortho intramolecular Hbond substituents is 1. The summed E-state index contributed by atoms with van der Waals surface area (Å²) < 4.78 is 31.6. The molecule has 0 heterocycles. The molecule has 1 aromatic carbocycles. The highest BCUT2D eigenvalue weighted by molar-refractivity contribution is 7.79. The van der Waals surface area contributed by atoms with E-state index >= 15 is 0 Å². The van der Waals surface area contributed by atoms with Gasteiger partial charge >= 0.3 is 10.4 Å². The molecular weight excluding hydrogens is 238 g/mol. The van der Waals surface area contributed by atoms with Crippen molar-refractivity contribution in [3.8, 4) is 5.75 Å². The molecule has 0 spiro atoms. The average Bonchev–Trinajstić information content (AvgIpc) is 2.06. The zero-order valence-electron chi connectivity index (χ0n) is 8.28. The Hall–Kier alpha value is -1.64. The number of para-hydroxylation sites is 1. The number of carbonyl (C=O) groups excluding carboxylic acids is 1. The van der Waals surface area contributed by atoms with E-state index in [1.165, 1.54) is 13.0 Å². The van der Waals surface area contributed by atoms with Crippen molar-refractivity contribution in [3.05, 3.63) is 23.8 Å². The van der Waals surface area contributed by atoms with Crippen molar-refractivity contribution in [1.82, 2.24) is 0 Å². The molecule has 0 amide bonds. The van der Waals surface area contributed by atoms with E-state index in [2.05, 4.69) is 0 Å². The minimum atomic E-state index is -4.67. The zero-order valence-corrected chi connectivity index (χ0v) is 9.10. The predicted octanol–water partition coefficient (Wildman–Crippen LogP) is 0.524. The van der Waals surface area contributed by atoms with Gasteiger partial charge in [0, 0.05) is 0 Å². The molecule has 0 unspecified atom stereocenters. The van der Waals surface area contributed by atoms with Crippen LogP contribution in [0.5, 0.6) is 5.75 Å². The van der Waals surface area contributed by atoms with Crippen molar-refractivity contribution in [2.45, 2.75) is 6.92 Å². The molecule has 1 aromatic rings. The molecular formula is C8H11NO6S. The van der Waals surface area contributed by atoms with E-state index in [4.69, 9.17) is 23.3 Å². The fraction of sp³-hybridized carbons (Fsp3) is 0.125. The smallest absolute Gasteiger partial charge is 0.394 e. The lowest BCUT2D eigenvalue weighted by molar-refractivity contribution is 0.101. The third-order valence-electron chi connectivity index (χ3n) is 1.45. The first-order valence-corrected chi connectivity index (χ1v) is 5.31. The lowest BCUT2D eigenvalue weighted by atomic mass is 10.1. The first-order chi connectivity index (χ1) is 7.13. The van der Waals surface area contributed by atoms with Crippen molar-refractivity contribution >= 4 is 21.9 Å². The summed E-state index contributed by atoms with van der Waals surface area (Å²) in [6.45, 7) is 1.38. The number of carbonyl (C=O) groups is 1. The number of rotatable bonds is 1. The quantitative estimate of drug-likeness (QED) is 0.246.